The van der Waals surface area contributed by atoms with E-state index in [4.69, 9.17) is 0 Å². The summed E-state index contributed by atoms with van der Waals surface area (Å²) in [6.45, 7) is 4.02. The minimum absolute atomic E-state index is 0.0176. The van der Waals surface area contributed by atoms with Gasteiger partial charge in [-0.2, -0.15) is 0 Å². The van der Waals surface area contributed by atoms with Crippen LogP contribution in [0.1, 0.15) is 40.3 Å². The molecule has 3 rings (SSSR count). The van der Waals surface area contributed by atoms with Crippen molar-refractivity contribution in [3.63, 3.8) is 0 Å². The van der Waals surface area contributed by atoms with Crippen molar-refractivity contribution >= 4 is 11.6 Å². The Morgan fingerprint density at radius 3 is 2.67 bits per heavy atom. The molecule has 0 bridgehead atoms. The molecule has 0 fully saturated rings. The van der Waals surface area contributed by atoms with Crippen molar-refractivity contribution in [1.29, 1.82) is 0 Å². The van der Waals surface area contributed by atoms with E-state index in [1.807, 2.05) is 44.2 Å². The van der Waals surface area contributed by atoms with Gasteiger partial charge in [-0.05, 0) is 31.4 Å². The van der Waals surface area contributed by atoms with Gasteiger partial charge in [-0.25, -0.2) is 0 Å². The first-order chi connectivity index (χ1) is 10.0. The van der Waals surface area contributed by atoms with Crippen LogP contribution in [0.4, 0.5) is 5.69 Å². The van der Waals surface area contributed by atoms with Gasteiger partial charge in [0.25, 0.3) is 0 Å². The third kappa shape index (κ3) is 2.69. The molecular weight excluding hydrogens is 262 g/mol. The van der Waals surface area contributed by atoms with Crippen molar-refractivity contribution < 1.29 is 9.90 Å². The van der Waals surface area contributed by atoms with E-state index < -0.39 is 6.10 Å². The van der Waals surface area contributed by atoms with Gasteiger partial charge in [0.2, 0.25) is 5.91 Å². The zero-order chi connectivity index (χ0) is 15.0. The highest BCUT2D eigenvalue weighted by Crippen LogP contribution is 2.35. The first-order valence-corrected chi connectivity index (χ1v) is 7.22. The number of aryl methyl sites for hydroxylation is 3. The summed E-state index contributed by atoms with van der Waals surface area (Å²) in [5, 5.41) is 13.7. The SMILES string of the molecule is Cc1cccc(C(O)c2cc(C)cc3c2NC(=O)CC3)c1. The number of nitrogens with one attached hydrogen (secondary N) is 1. The fraction of sp³-hybridized carbons (Fsp3) is 0.278. The smallest absolute Gasteiger partial charge is 0.224 e. The zero-order valence-electron chi connectivity index (χ0n) is 12.3. The zero-order valence-corrected chi connectivity index (χ0v) is 12.3. The Morgan fingerprint density at radius 2 is 1.90 bits per heavy atom. The van der Waals surface area contributed by atoms with Gasteiger partial charge in [0.05, 0.1) is 5.69 Å². The molecule has 0 saturated carbocycles. The molecule has 0 saturated heterocycles. The minimum atomic E-state index is -0.725. The number of aliphatic hydroxyl groups is 1. The Labute approximate surface area is 124 Å². The Kier molecular flexibility index (Phi) is 3.52. The van der Waals surface area contributed by atoms with E-state index in [0.29, 0.717) is 6.42 Å². The van der Waals surface area contributed by atoms with E-state index in [0.717, 1.165) is 39.9 Å². The van der Waals surface area contributed by atoms with E-state index >= 15 is 0 Å². The highest BCUT2D eigenvalue weighted by molar-refractivity contribution is 5.95. The Hall–Kier alpha value is -2.13. The van der Waals surface area contributed by atoms with Crippen LogP contribution in [0, 0.1) is 13.8 Å². The number of carbonyl (C=O) groups excluding carboxylic acids is 1. The average Bonchev–Trinajstić information content (AvgIpc) is 2.46. The van der Waals surface area contributed by atoms with E-state index in [9.17, 15) is 9.90 Å². The number of carbonyl (C=O) groups is 1. The Bertz CT molecular complexity index is 706. The maximum absolute atomic E-state index is 11.7. The second-order valence-corrected chi connectivity index (χ2v) is 5.75. The van der Waals surface area contributed by atoms with Crippen LogP contribution in [-0.2, 0) is 11.2 Å². The van der Waals surface area contributed by atoms with E-state index in [1.165, 1.54) is 0 Å². The van der Waals surface area contributed by atoms with E-state index in [1.54, 1.807) is 0 Å². The predicted octanol–water partition coefficient (Wildman–Crippen LogP) is 3.27. The lowest BCUT2D eigenvalue weighted by molar-refractivity contribution is -0.116. The molecule has 2 aromatic carbocycles. The van der Waals surface area contributed by atoms with Crippen LogP contribution in [-0.4, -0.2) is 11.0 Å². The normalized spacial score (nSPS) is 15.3. The van der Waals surface area contributed by atoms with Gasteiger partial charge in [0.1, 0.15) is 6.10 Å². The van der Waals surface area contributed by atoms with Crippen molar-refractivity contribution in [3.05, 3.63) is 64.2 Å². The van der Waals surface area contributed by atoms with Gasteiger partial charge < -0.3 is 10.4 Å². The van der Waals surface area contributed by atoms with Crippen molar-refractivity contribution in [2.75, 3.05) is 5.32 Å². The highest BCUT2D eigenvalue weighted by atomic mass is 16.3. The number of rotatable bonds is 2. The number of aliphatic hydroxyl groups excluding tert-OH is 1. The Morgan fingerprint density at radius 1 is 1.10 bits per heavy atom. The molecule has 1 atom stereocenters. The fourth-order valence-electron chi connectivity index (χ4n) is 2.93. The molecule has 1 unspecified atom stereocenters. The summed E-state index contributed by atoms with van der Waals surface area (Å²) in [4.78, 5) is 11.7. The number of anilines is 1. The minimum Gasteiger partial charge on any atom is -0.384 e. The summed E-state index contributed by atoms with van der Waals surface area (Å²) in [7, 11) is 0. The van der Waals surface area contributed by atoms with Gasteiger partial charge in [-0.3, -0.25) is 4.79 Å². The molecule has 2 aromatic rings. The second kappa shape index (κ2) is 5.34. The molecule has 1 amide bonds. The molecule has 0 aromatic heterocycles. The molecule has 3 heteroatoms. The fourth-order valence-corrected chi connectivity index (χ4v) is 2.93. The van der Waals surface area contributed by atoms with Crippen LogP contribution in [0.3, 0.4) is 0 Å². The molecule has 0 spiro atoms. The molecule has 1 aliphatic rings. The summed E-state index contributed by atoms with van der Waals surface area (Å²) in [6, 6.07) is 11.9. The second-order valence-electron chi connectivity index (χ2n) is 5.75. The van der Waals surface area contributed by atoms with Crippen molar-refractivity contribution in [2.24, 2.45) is 0 Å². The lowest BCUT2D eigenvalue weighted by Gasteiger charge is -2.24. The molecule has 1 heterocycles. The van der Waals surface area contributed by atoms with Crippen molar-refractivity contribution in [1.82, 2.24) is 0 Å². The van der Waals surface area contributed by atoms with Crippen LogP contribution >= 0.6 is 0 Å². The molecular formula is C18H19NO2. The van der Waals surface area contributed by atoms with Crippen LogP contribution in [0.25, 0.3) is 0 Å². The van der Waals surface area contributed by atoms with E-state index in [2.05, 4.69) is 11.4 Å². The van der Waals surface area contributed by atoms with E-state index in [-0.39, 0.29) is 5.91 Å². The monoisotopic (exact) mass is 281 g/mol. The topological polar surface area (TPSA) is 49.3 Å². The molecule has 21 heavy (non-hydrogen) atoms. The maximum Gasteiger partial charge on any atom is 0.224 e. The standard InChI is InChI=1S/C18H19NO2/c1-11-4-3-5-14(8-11)18(21)15-10-12(2)9-13-6-7-16(20)19-17(13)15/h3-5,8-10,18,21H,6-7H2,1-2H3,(H,19,20). The van der Waals surface area contributed by atoms with Crippen molar-refractivity contribution in [2.45, 2.75) is 32.8 Å². The van der Waals surface area contributed by atoms with Gasteiger partial charge in [0, 0.05) is 12.0 Å². The molecule has 2 N–H and O–H groups in total. The summed E-state index contributed by atoms with van der Waals surface area (Å²) < 4.78 is 0. The van der Waals surface area contributed by atoms with Crippen molar-refractivity contribution in [3.8, 4) is 0 Å². The third-order valence-electron chi connectivity index (χ3n) is 3.93. The third-order valence-corrected chi connectivity index (χ3v) is 3.93. The average molecular weight is 281 g/mol. The first-order valence-electron chi connectivity index (χ1n) is 7.22. The summed E-state index contributed by atoms with van der Waals surface area (Å²) in [5.74, 6) is 0.0176. The molecule has 1 aliphatic heterocycles. The van der Waals surface area contributed by atoms with Crippen LogP contribution in [0.2, 0.25) is 0 Å². The quantitative estimate of drug-likeness (QED) is 0.887. The Balaban J connectivity index is 2.09. The lowest BCUT2D eigenvalue weighted by Crippen LogP contribution is -2.21. The number of benzene rings is 2. The van der Waals surface area contributed by atoms with Crippen LogP contribution in [0.5, 0.6) is 0 Å². The van der Waals surface area contributed by atoms with Crippen LogP contribution < -0.4 is 5.32 Å². The molecule has 0 radical (unpaired) electrons. The summed E-state index contributed by atoms with van der Waals surface area (Å²) >= 11 is 0. The van der Waals surface area contributed by atoms with Gasteiger partial charge in [-0.15, -0.1) is 0 Å². The number of hydrogen-bond acceptors (Lipinski definition) is 2. The maximum atomic E-state index is 11.7. The highest BCUT2D eigenvalue weighted by Gasteiger charge is 2.23. The summed E-state index contributed by atoms with van der Waals surface area (Å²) in [5.41, 5.74) is 5.73. The van der Waals surface area contributed by atoms with Gasteiger partial charge in [0.15, 0.2) is 0 Å². The van der Waals surface area contributed by atoms with Gasteiger partial charge >= 0.3 is 0 Å². The largest absolute Gasteiger partial charge is 0.384 e. The molecule has 108 valence electrons. The number of amides is 1. The lowest BCUT2D eigenvalue weighted by atomic mass is 9.91. The first kappa shape index (κ1) is 13.8. The molecule has 3 nitrogen and oxygen atoms in total. The number of hydrogen-bond donors (Lipinski definition) is 2. The summed E-state index contributed by atoms with van der Waals surface area (Å²) in [6.07, 6.45) is 0.518. The molecule has 0 aliphatic carbocycles. The number of fused-ring (bicyclic) bond motifs is 1. The predicted molar refractivity (Wildman–Crippen MR) is 83.4 cm³/mol. The van der Waals surface area contributed by atoms with Gasteiger partial charge in [-0.1, -0.05) is 47.5 Å². The van der Waals surface area contributed by atoms with Crippen LogP contribution in [0.15, 0.2) is 36.4 Å².